The van der Waals surface area contributed by atoms with Crippen LogP contribution in [0.25, 0.3) is 0 Å². The zero-order valence-corrected chi connectivity index (χ0v) is 15.1. The lowest BCUT2D eigenvalue weighted by Gasteiger charge is -2.27. The Hall–Kier alpha value is -2.55. The monoisotopic (exact) mass is 391 g/mol. The number of rotatable bonds is 8. The van der Waals surface area contributed by atoms with E-state index in [0.29, 0.717) is 4.88 Å². The maximum atomic E-state index is 14.5. The highest BCUT2D eigenvalue weighted by atomic mass is 32.1. The molecule has 0 unspecified atom stereocenters. The summed E-state index contributed by atoms with van der Waals surface area (Å²) >= 11 is 1.18. The Balaban J connectivity index is 2.00. The molecule has 0 saturated heterocycles. The van der Waals surface area contributed by atoms with Gasteiger partial charge in [0.2, 0.25) is 5.78 Å². The maximum absolute atomic E-state index is 14.5. The first-order valence-corrected chi connectivity index (χ1v) is 9.19. The number of amides is 1. The molecule has 8 heteroatoms. The Labute approximate surface area is 159 Å². The summed E-state index contributed by atoms with van der Waals surface area (Å²) in [6, 6.07) is 8.05. The van der Waals surface area contributed by atoms with Crippen molar-refractivity contribution >= 4 is 23.0 Å². The smallest absolute Gasteiger partial charge is 0.290 e. The van der Waals surface area contributed by atoms with Crippen molar-refractivity contribution in [3.8, 4) is 0 Å². The maximum Gasteiger partial charge on any atom is 0.290 e. The number of nitrogens with zero attached hydrogens (tertiary/aromatic N) is 1. The third-order valence-electron chi connectivity index (χ3n) is 4.21. The van der Waals surface area contributed by atoms with E-state index in [1.54, 1.807) is 23.6 Å². The Morgan fingerprint density at radius 2 is 2.00 bits per heavy atom. The Morgan fingerprint density at radius 3 is 2.67 bits per heavy atom. The molecule has 1 atom stereocenters. The van der Waals surface area contributed by atoms with Gasteiger partial charge in [-0.15, -0.1) is 11.3 Å². The van der Waals surface area contributed by atoms with Crippen molar-refractivity contribution in [3.05, 3.63) is 69.4 Å². The molecule has 2 heterocycles. The van der Waals surface area contributed by atoms with E-state index in [4.69, 9.17) is 9.84 Å². The Bertz CT molecular complexity index is 865. The number of aliphatic hydroxyl groups excluding tert-OH is 2. The fourth-order valence-corrected chi connectivity index (χ4v) is 3.68. The van der Waals surface area contributed by atoms with Crippen LogP contribution in [0.3, 0.4) is 0 Å². The summed E-state index contributed by atoms with van der Waals surface area (Å²) in [7, 11) is 0. The van der Waals surface area contributed by atoms with Gasteiger partial charge in [0, 0.05) is 12.1 Å². The van der Waals surface area contributed by atoms with Gasteiger partial charge in [0.15, 0.2) is 5.76 Å². The van der Waals surface area contributed by atoms with Crippen LogP contribution in [-0.4, -0.2) is 53.2 Å². The number of aliphatic hydroxyl groups is 2. The molecular formula is C19H18FNO5S. The van der Waals surface area contributed by atoms with Crippen molar-refractivity contribution < 1.29 is 28.9 Å². The molecule has 0 bridgehead atoms. The highest BCUT2D eigenvalue weighted by Gasteiger charge is 2.44. The summed E-state index contributed by atoms with van der Waals surface area (Å²) in [5.74, 6) is -2.52. The lowest BCUT2D eigenvalue weighted by molar-refractivity contribution is -0.130. The van der Waals surface area contributed by atoms with Crippen LogP contribution >= 0.6 is 11.3 Å². The van der Waals surface area contributed by atoms with Gasteiger partial charge in [-0.3, -0.25) is 9.59 Å². The van der Waals surface area contributed by atoms with E-state index in [2.05, 4.69) is 0 Å². The van der Waals surface area contributed by atoms with Crippen LogP contribution in [-0.2, 0) is 9.53 Å². The normalized spacial score (nSPS) is 17.0. The quantitative estimate of drug-likeness (QED) is 0.533. The summed E-state index contributed by atoms with van der Waals surface area (Å²) in [5, 5.41) is 20.9. The molecule has 1 aromatic carbocycles. The molecule has 142 valence electrons. The van der Waals surface area contributed by atoms with Crippen molar-refractivity contribution in [2.75, 3.05) is 26.4 Å². The Morgan fingerprint density at radius 1 is 1.22 bits per heavy atom. The van der Waals surface area contributed by atoms with E-state index in [9.17, 15) is 19.1 Å². The molecule has 0 saturated carbocycles. The average Bonchev–Trinajstić information content (AvgIpc) is 3.28. The molecule has 1 aliphatic heterocycles. The van der Waals surface area contributed by atoms with Crippen LogP contribution in [0.1, 0.15) is 21.3 Å². The fraction of sp³-hybridized carbons (Fsp3) is 0.263. The number of hydrogen-bond donors (Lipinski definition) is 2. The zero-order valence-electron chi connectivity index (χ0n) is 14.3. The van der Waals surface area contributed by atoms with Gasteiger partial charge < -0.3 is 19.8 Å². The predicted molar refractivity (Wildman–Crippen MR) is 97.1 cm³/mol. The minimum absolute atomic E-state index is 0.0309. The SMILES string of the molecule is O=C(C1=C(O)C(=O)N(CCOCCO)[C@@H]1c1ccccc1F)c1cccs1. The van der Waals surface area contributed by atoms with Gasteiger partial charge in [-0.1, -0.05) is 24.3 Å². The second-order valence-corrected chi connectivity index (χ2v) is 6.77. The Kier molecular flexibility index (Phi) is 6.00. The first-order valence-electron chi connectivity index (χ1n) is 8.31. The number of ketones is 1. The molecule has 0 aliphatic carbocycles. The van der Waals surface area contributed by atoms with Crippen LogP contribution < -0.4 is 0 Å². The highest BCUT2D eigenvalue weighted by Crippen LogP contribution is 2.40. The molecule has 6 nitrogen and oxygen atoms in total. The van der Waals surface area contributed by atoms with Gasteiger partial charge in [0.05, 0.1) is 36.3 Å². The molecule has 3 rings (SSSR count). The molecule has 1 aliphatic rings. The van der Waals surface area contributed by atoms with Crippen molar-refractivity contribution in [1.82, 2.24) is 4.90 Å². The number of halogens is 1. The van der Waals surface area contributed by atoms with Crippen molar-refractivity contribution in [2.24, 2.45) is 0 Å². The van der Waals surface area contributed by atoms with Crippen LogP contribution in [0, 0.1) is 5.82 Å². The van der Waals surface area contributed by atoms with E-state index in [0.717, 1.165) is 0 Å². The summed E-state index contributed by atoms with van der Waals surface area (Å²) in [6.45, 7) is 0.0250. The van der Waals surface area contributed by atoms with Gasteiger partial charge >= 0.3 is 0 Å². The summed E-state index contributed by atoms with van der Waals surface area (Å²) < 4.78 is 19.7. The van der Waals surface area contributed by atoms with E-state index in [1.807, 2.05) is 0 Å². The molecule has 2 N–H and O–H groups in total. The first kappa shape index (κ1) is 19.2. The van der Waals surface area contributed by atoms with Gasteiger partial charge in [-0.25, -0.2) is 4.39 Å². The fourth-order valence-electron chi connectivity index (χ4n) is 3.01. The number of Topliss-reactive ketones (excluding diaryl/α,β-unsaturated/α-hetero) is 1. The van der Waals surface area contributed by atoms with Crippen molar-refractivity contribution in [2.45, 2.75) is 6.04 Å². The van der Waals surface area contributed by atoms with Gasteiger partial charge in [-0.05, 0) is 17.5 Å². The third kappa shape index (κ3) is 3.78. The number of carbonyl (C=O) groups is 2. The molecule has 0 fully saturated rings. The van der Waals surface area contributed by atoms with Crippen LogP contribution in [0.4, 0.5) is 4.39 Å². The van der Waals surface area contributed by atoms with E-state index >= 15 is 0 Å². The van der Waals surface area contributed by atoms with Gasteiger partial charge in [0.25, 0.3) is 5.91 Å². The molecule has 2 aromatic rings. The third-order valence-corrected chi connectivity index (χ3v) is 5.07. The molecule has 0 radical (unpaired) electrons. The van der Waals surface area contributed by atoms with Crippen LogP contribution in [0.15, 0.2) is 53.1 Å². The standard InChI is InChI=1S/C19H18FNO5S/c20-13-5-2-1-4-12(13)16-15(17(23)14-6-3-11-27-14)18(24)19(25)21(16)7-9-26-10-8-22/h1-6,11,16,22,24H,7-10H2/t16-/m1/s1. The van der Waals surface area contributed by atoms with Crippen LogP contribution in [0.2, 0.25) is 0 Å². The van der Waals surface area contributed by atoms with Crippen LogP contribution in [0.5, 0.6) is 0 Å². The number of ether oxygens (including phenoxy) is 1. The summed E-state index contributed by atoms with van der Waals surface area (Å²) in [6.07, 6.45) is 0. The number of benzene rings is 1. The van der Waals surface area contributed by atoms with Gasteiger partial charge in [0.1, 0.15) is 5.82 Å². The van der Waals surface area contributed by atoms with Crippen molar-refractivity contribution in [3.63, 3.8) is 0 Å². The lowest BCUT2D eigenvalue weighted by Crippen LogP contribution is -2.34. The molecule has 0 spiro atoms. The highest BCUT2D eigenvalue weighted by molar-refractivity contribution is 7.12. The number of thiophene rings is 1. The first-order chi connectivity index (χ1) is 13.1. The topological polar surface area (TPSA) is 87.1 Å². The lowest BCUT2D eigenvalue weighted by atomic mass is 9.95. The number of carbonyl (C=O) groups excluding carboxylic acids is 2. The molecular weight excluding hydrogens is 373 g/mol. The zero-order chi connectivity index (χ0) is 19.4. The van der Waals surface area contributed by atoms with E-state index in [-0.39, 0.29) is 37.5 Å². The minimum atomic E-state index is -1.05. The number of hydrogen-bond acceptors (Lipinski definition) is 6. The largest absolute Gasteiger partial charge is 0.503 e. The van der Waals surface area contributed by atoms with E-state index < -0.39 is 29.3 Å². The second kappa shape index (κ2) is 8.43. The minimum Gasteiger partial charge on any atom is -0.503 e. The second-order valence-electron chi connectivity index (χ2n) is 5.83. The average molecular weight is 391 g/mol. The molecule has 27 heavy (non-hydrogen) atoms. The molecule has 1 aromatic heterocycles. The van der Waals surface area contributed by atoms with Crippen molar-refractivity contribution in [1.29, 1.82) is 0 Å². The summed E-state index contributed by atoms with van der Waals surface area (Å²) in [5.41, 5.74) is -0.0216. The van der Waals surface area contributed by atoms with Gasteiger partial charge in [-0.2, -0.15) is 0 Å². The summed E-state index contributed by atoms with van der Waals surface area (Å²) in [4.78, 5) is 27.1. The van der Waals surface area contributed by atoms with E-state index in [1.165, 1.54) is 34.4 Å². The molecule has 1 amide bonds. The predicted octanol–water partition coefficient (Wildman–Crippen LogP) is 2.47.